The molecule has 0 bridgehead atoms. The Bertz CT molecular complexity index is 296. The van der Waals surface area contributed by atoms with E-state index in [9.17, 15) is 4.79 Å². The van der Waals surface area contributed by atoms with Crippen LogP contribution in [0.2, 0.25) is 5.22 Å². The lowest BCUT2D eigenvalue weighted by Crippen LogP contribution is -2.35. The van der Waals surface area contributed by atoms with Crippen molar-refractivity contribution in [2.75, 3.05) is 6.54 Å². The highest BCUT2D eigenvalue weighted by Gasteiger charge is 2.12. The van der Waals surface area contributed by atoms with Gasteiger partial charge in [-0.2, -0.15) is 0 Å². The van der Waals surface area contributed by atoms with Crippen LogP contribution in [0.25, 0.3) is 0 Å². The maximum atomic E-state index is 11.3. The number of furan rings is 1. The van der Waals surface area contributed by atoms with E-state index >= 15 is 0 Å². The monoisotopic (exact) mass is 202 g/mol. The molecule has 0 aromatic carbocycles. The van der Waals surface area contributed by atoms with Crippen LogP contribution < -0.4 is 11.1 Å². The molecule has 0 fully saturated rings. The molecule has 0 aliphatic heterocycles. The van der Waals surface area contributed by atoms with Crippen molar-refractivity contribution < 1.29 is 9.21 Å². The fraction of sp³-hybridized carbons (Fsp3) is 0.375. The van der Waals surface area contributed by atoms with Gasteiger partial charge >= 0.3 is 0 Å². The van der Waals surface area contributed by atoms with Gasteiger partial charge in [-0.25, -0.2) is 0 Å². The number of carbonyl (C=O) groups is 1. The van der Waals surface area contributed by atoms with E-state index in [1.165, 1.54) is 12.3 Å². The van der Waals surface area contributed by atoms with Crippen LogP contribution in [0.3, 0.4) is 0 Å². The quantitative estimate of drug-likeness (QED) is 0.769. The molecule has 3 N–H and O–H groups in total. The molecule has 1 amide bonds. The Morgan fingerprint density at radius 2 is 2.54 bits per heavy atom. The van der Waals surface area contributed by atoms with Crippen molar-refractivity contribution in [3.05, 3.63) is 23.1 Å². The van der Waals surface area contributed by atoms with E-state index in [4.69, 9.17) is 21.8 Å². The second kappa shape index (κ2) is 4.30. The van der Waals surface area contributed by atoms with Crippen molar-refractivity contribution in [1.29, 1.82) is 0 Å². The number of nitrogens with two attached hydrogens (primary N) is 1. The summed E-state index contributed by atoms with van der Waals surface area (Å²) in [6.07, 6.45) is 1.36. The lowest BCUT2D eigenvalue weighted by molar-refractivity contribution is 0.0951. The summed E-state index contributed by atoms with van der Waals surface area (Å²) in [6, 6.07) is 1.44. The molecule has 1 rings (SSSR count). The van der Waals surface area contributed by atoms with E-state index in [-0.39, 0.29) is 17.2 Å². The molecule has 0 saturated carbocycles. The Morgan fingerprint density at radius 3 is 3.00 bits per heavy atom. The van der Waals surface area contributed by atoms with Crippen molar-refractivity contribution >= 4 is 17.5 Å². The summed E-state index contributed by atoms with van der Waals surface area (Å²) >= 11 is 5.59. The smallest absolute Gasteiger partial charge is 0.256 e. The van der Waals surface area contributed by atoms with Gasteiger partial charge in [0.05, 0.1) is 11.8 Å². The number of carbonyl (C=O) groups excluding carboxylic acids is 1. The topological polar surface area (TPSA) is 68.3 Å². The minimum atomic E-state index is -0.268. The molecular weight excluding hydrogens is 192 g/mol. The van der Waals surface area contributed by atoms with Crippen LogP contribution in [0.5, 0.6) is 0 Å². The van der Waals surface area contributed by atoms with Crippen molar-refractivity contribution in [2.24, 2.45) is 5.73 Å². The molecule has 5 heteroatoms. The van der Waals surface area contributed by atoms with Gasteiger partial charge in [0.2, 0.25) is 5.22 Å². The molecule has 13 heavy (non-hydrogen) atoms. The molecule has 1 heterocycles. The second-order valence-corrected chi connectivity index (χ2v) is 3.14. The summed E-state index contributed by atoms with van der Waals surface area (Å²) in [6.45, 7) is 2.22. The maximum absolute atomic E-state index is 11.3. The number of amides is 1. The summed E-state index contributed by atoms with van der Waals surface area (Å²) in [5, 5.41) is 2.72. The zero-order valence-electron chi connectivity index (χ0n) is 7.21. The summed E-state index contributed by atoms with van der Waals surface area (Å²) in [7, 11) is 0. The molecule has 0 radical (unpaired) electrons. The van der Waals surface area contributed by atoms with Gasteiger partial charge in [-0.05, 0) is 24.6 Å². The zero-order valence-corrected chi connectivity index (χ0v) is 7.97. The van der Waals surface area contributed by atoms with E-state index in [0.717, 1.165) is 0 Å². The average molecular weight is 203 g/mol. The molecule has 1 atom stereocenters. The van der Waals surface area contributed by atoms with Gasteiger partial charge in [0.25, 0.3) is 5.91 Å². The molecule has 1 unspecified atom stereocenters. The van der Waals surface area contributed by atoms with Crippen LogP contribution >= 0.6 is 11.6 Å². The van der Waals surface area contributed by atoms with Crippen molar-refractivity contribution in [3.63, 3.8) is 0 Å². The minimum Gasteiger partial charge on any atom is -0.452 e. The van der Waals surface area contributed by atoms with Crippen molar-refractivity contribution in [2.45, 2.75) is 13.0 Å². The summed E-state index contributed by atoms with van der Waals surface area (Å²) < 4.78 is 4.77. The summed E-state index contributed by atoms with van der Waals surface area (Å²) in [5.74, 6) is -0.268. The van der Waals surface area contributed by atoms with Gasteiger partial charge in [0, 0.05) is 12.6 Å². The molecule has 0 saturated heterocycles. The van der Waals surface area contributed by atoms with E-state index in [1.807, 2.05) is 0 Å². The minimum absolute atomic E-state index is 0.0744. The molecule has 1 aromatic heterocycles. The van der Waals surface area contributed by atoms with E-state index in [1.54, 1.807) is 6.92 Å². The highest BCUT2D eigenvalue weighted by atomic mass is 35.5. The van der Waals surface area contributed by atoms with Crippen LogP contribution in [0.4, 0.5) is 0 Å². The number of hydrogen-bond donors (Lipinski definition) is 2. The Morgan fingerprint density at radius 1 is 1.85 bits per heavy atom. The van der Waals surface area contributed by atoms with Gasteiger partial charge in [0.15, 0.2) is 0 Å². The normalized spacial score (nSPS) is 12.5. The predicted octanol–water partition coefficient (Wildman–Crippen LogP) is 1.01. The molecule has 0 spiro atoms. The Hall–Kier alpha value is -1.00. The third-order valence-corrected chi connectivity index (χ3v) is 1.74. The van der Waals surface area contributed by atoms with Crippen LogP contribution in [-0.2, 0) is 0 Å². The third-order valence-electron chi connectivity index (χ3n) is 1.45. The highest BCUT2D eigenvalue weighted by molar-refractivity contribution is 6.32. The van der Waals surface area contributed by atoms with Crippen LogP contribution in [-0.4, -0.2) is 18.5 Å². The molecule has 1 aromatic rings. The van der Waals surface area contributed by atoms with E-state index < -0.39 is 0 Å². The van der Waals surface area contributed by atoms with Crippen LogP contribution in [0, 0.1) is 0 Å². The summed E-state index contributed by atoms with van der Waals surface area (Å²) in [4.78, 5) is 11.3. The first-order valence-electron chi connectivity index (χ1n) is 3.88. The summed E-state index contributed by atoms with van der Waals surface area (Å²) in [5.41, 5.74) is 5.80. The first-order chi connectivity index (χ1) is 6.11. The number of halogens is 1. The fourth-order valence-electron chi connectivity index (χ4n) is 0.805. The lowest BCUT2D eigenvalue weighted by Gasteiger charge is -2.05. The first kappa shape index (κ1) is 10.1. The number of nitrogens with one attached hydrogen (secondary N) is 1. The van der Waals surface area contributed by atoms with Crippen LogP contribution in [0.1, 0.15) is 17.3 Å². The van der Waals surface area contributed by atoms with Gasteiger partial charge in [-0.3, -0.25) is 4.79 Å². The number of rotatable bonds is 3. The number of hydrogen-bond acceptors (Lipinski definition) is 3. The third kappa shape index (κ3) is 2.75. The van der Waals surface area contributed by atoms with Crippen molar-refractivity contribution in [1.82, 2.24) is 5.32 Å². The molecular formula is C8H11ClN2O2. The lowest BCUT2D eigenvalue weighted by atomic mass is 10.3. The van der Waals surface area contributed by atoms with Gasteiger partial charge < -0.3 is 15.5 Å². The SMILES string of the molecule is CC(N)CNC(=O)c1ccoc1Cl. The predicted molar refractivity (Wildman–Crippen MR) is 49.7 cm³/mol. The van der Waals surface area contributed by atoms with E-state index in [0.29, 0.717) is 12.1 Å². The van der Waals surface area contributed by atoms with E-state index in [2.05, 4.69) is 5.32 Å². The molecule has 72 valence electrons. The molecule has 4 nitrogen and oxygen atoms in total. The van der Waals surface area contributed by atoms with Gasteiger partial charge in [-0.15, -0.1) is 0 Å². The largest absolute Gasteiger partial charge is 0.452 e. The molecule has 0 aliphatic carbocycles. The van der Waals surface area contributed by atoms with Crippen molar-refractivity contribution in [3.8, 4) is 0 Å². The average Bonchev–Trinajstić information content (AvgIpc) is 2.47. The van der Waals surface area contributed by atoms with Crippen LogP contribution in [0.15, 0.2) is 16.7 Å². The Kier molecular flexibility index (Phi) is 3.33. The fourth-order valence-corrected chi connectivity index (χ4v) is 1.00. The Balaban J connectivity index is 2.54. The first-order valence-corrected chi connectivity index (χ1v) is 4.26. The standard InChI is InChI=1S/C8H11ClN2O2/c1-5(10)4-11-8(12)6-2-3-13-7(6)9/h2-3,5H,4,10H2,1H3,(H,11,12). The van der Waals surface area contributed by atoms with Gasteiger partial charge in [-0.1, -0.05) is 0 Å². The van der Waals surface area contributed by atoms with Gasteiger partial charge in [0.1, 0.15) is 0 Å². The second-order valence-electron chi connectivity index (χ2n) is 2.80. The maximum Gasteiger partial charge on any atom is 0.256 e. The zero-order chi connectivity index (χ0) is 9.84. The Labute approximate surface area is 81.0 Å². The molecule has 0 aliphatic rings. The highest BCUT2D eigenvalue weighted by Crippen LogP contribution is 2.15.